The van der Waals surface area contributed by atoms with Crippen LogP contribution in [0.15, 0.2) is 23.9 Å². The van der Waals surface area contributed by atoms with Gasteiger partial charge in [0.1, 0.15) is 6.10 Å². The minimum absolute atomic E-state index is 0.0708. The van der Waals surface area contributed by atoms with Gasteiger partial charge >= 0.3 is 5.97 Å². The highest BCUT2D eigenvalue weighted by Crippen LogP contribution is 2.57. The van der Waals surface area contributed by atoms with Gasteiger partial charge in [-0.15, -0.1) is 0 Å². The molecule has 2 aliphatic heterocycles. The maximum atomic E-state index is 12.9. The van der Waals surface area contributed by atoms with Crippen LogP contribution in [0, 0.1) is 11.3 Å². The Morgan fingerprint density at radius 2 is 1.94 bits per heavy atom. The third-order valence-corrected chi connectivity index (χ3v) is 7.67. The lowest BCUT2D eigenvalue weighted by atomic mass is 9.58. The summed E-state index contributed by atoms with van der Waals surface area (Å²) in [5.41, 5.74) is -0.344. The number of fused-ring (bicyclic) bond motifs is 1. The Kier molecular flexibility index (Phi) is 9.26. The van der Waals surface area contributed by atoms with Crippen molar-refractivity contribution in [3.05, 3.63) is 23.9 Å². The molecule has 0 amide bonds. The van der Waals surface area contributed by atoms with E-state index >= 15 is 0 Å². The first-order valence-electron chi connectivity index (χ1n) is 12.8. The Balaban J connectivity index is 1.66. The first-order chi connectivity index (χ1) is 16.6. The number of nitrogens with one attached hydrogen (secondary N) is 1. The smallest absolute Gasteiger partial charge is 0.303 e. The molecule has 196 valence electrons. The highest BCUT2D eigenvalue weighted by atomic mass is 16.6. The predicted molar refractivity (Wildman–Crippen MR) is 127 cm³/mol. The number of allylic oxidation sites excluding steroid dienone is 2. The normalized spacial score (nSPS) is 32.7. The molecule has 1 unspecified atom stereocenters. The monoisotopic (exact) mass is 493 g/mol. The van der Waals surface area contributed by atoms with E-state index in [0.29, 0.717) is 25.0 Å². The van der Waals surface area contributed by atoms with E-state index in [1.165, 1.54) is 6.08 Å². The molecule has 3 aliphatic rings. The maximum absolute atomic E-state index is 12.9. The number of carboxylic acid groups (broad SMARTS) is 1. The molecule has 0 saturated carbocycles. The number of carboxylic acids is 1. The van der Waals surface area contributed by atoms with Gasteiger partial charge in [0.15, 0.2) is 5.78 Å². The number of carbonyl (C=O) groups excluding carboxylic acids is 2. The zero-order valence-corrected chi connectivity index (χ0v) is 20.4. The lowest BCUT2D eigenvalue weighted by molar-refractivity contribution is -0.286. The molecule has 1 spiro atoms. The number of ether oxygens (including phenoxy) is 1. The zero-order valence-electron chi connectivity index (χ0n) is 20.4. The highest BCUT2D eigenvalue weighted by molar-refractivity contribution is 5.98. The number of carbonyl (C=O) groups is 3. The molecular formula is C26H39NO8. The molecule has 5 N–H and O–H groups in total. The summed E-state index contributed by atoms with van der Waals surface area (Å²) in [6.07, 6.45) is 7.61. The SMILES string of the molecule is CC/C=C\C[C@H]1[C@H](CC(=O)[C@H](O)CCCCCCCC(=O)O)O[C@@]2(O)CC13C(=CC2=O)NC[C@H]3O. The quantitative estimate of drug-likeness (QED) is 0.181. The second-order valence-electron chi connectivity index (χ2n) is 10.1. The van der Waals surface area contributed by atoms with Crippen molar-refractivity contribution >= 4 is 17.5 Å². The summed E-state index contributed by atoms with van der Waals surface area (Å²) in [6.45, 7) is 2.25. The second kappa shape index (κ2) is 11.8. The summed E-state index contributed by atoms with van der Waals surface area (Å²) in [5.74, 6) is -4.29. The van der Waals surface area contributed by atoms with Gasteiger partial charge in [-0.3, -0.25) is 14.4 Å². The number of aliphatic hydroxyl groups is 3. The molecule has 0 aromatic heterocycles. The van der Waals surface area contributed by atoms with Crippen LogP contribution in [-0.4, -0.2) is 68.6 Å². The van der Waals surface area contributed by atoms with E-state index in [1.54, 1.807) is 0 Å². The minimum Gasteiger partial charge on any atom is -0.481 e. The predicted octanol–water partition coefficient (Wildman–Crippen LogP) is 1.99. The van der Waals surface area contributed by atoms with Gasteiger partial charge in [-0.2, -0.15) is 0 Å². The van der Waals surface area contributed by atoms with Gasteiger partial charge in [0.25, 0.3) is 0 Å². The molecule has 0 radical (unpaired) electrons. The van der Waals surface area contributed by atoms with Crippen LogP contribution in [0.1, 0.15) is 77.6 Å². The number of unbranched alkanes of at least 4 members (excludes halogenated alkanes) is 4. The molecular weight excluding hydrogens is 454 g/mol. The molecule has 0 aromatic carbocycles. The molecule has 0 aromatic rings. The zero-order chi connectivity index (χ0) is 25.6. The van der Waals surface area contributed by atoms with Gasteiger partial charge in [-0.25, -0.2) is 0 Å². The van der Waals surface area contributed by atoms with Crippen molar-refractivity contribution < 1.29 is 39.5 Å². The van der Waals surface area contributed by atoms with Crippen molar-refractivity contribution in [1.82, 2.24) is 5.32 Å². The number of aliphatic hydroxyl groups excluding tert-OH is 2. The minimum atomic E-state index is -2.10. The lowest BCUT2D eigenvalue weighted by Gasteiger charge is -2.54. The molecule has 3 rings (SSSR count). The van der Waals surface area contributed by atoms with Gasteiger partial charge < -0.3 is 30.5 Å². The van der Waals surface area contributed by atoms with E-state index < -0.39 is 47.0 Å². The highest BCUT2D eigenvalue weighted by Gasteiger charge is 2.66. The average Bonchev–Trinajstić information content (AvgIpc) is 3.10. The van der Waals surface area contributed by atoms with Crippen molar-refractivity contribution in [2.75, 3.05) is 6.54 Å². The van der Waals surface area contributed by atoms with E-state index in [9.17, 15) is 29.7 Å². The number of rotatable bonds is 14. The Bertz CT molecular complexity index is 854. The van der Waals surface area contributed by atoms with Crippen LogP contribution >= 0.6 is 0 Å². The molecule has 1 aliphatic carbocycles. The lowest BCUT2D eigenvalue weighted by Crippen LogP contribution is -2.63. The van der Waals surface area contributed by atoms with Crippen molar-refractivity contribution in [2.45, 2.75) is 102 Å². The van der Waals surface area contributed by atoms with Crippen LogP contribution in [0.5, 0.6) is 0 Å². The van der Waals surface area contributed by atoms with Crippen LogP contribution in [0.4, 0.5) is 0 Å². The fourth-order valence-corrected chi connectivity index (χ4v) is 5.80. The Morgan fingerprint density at radius 1 is 1.23 bits per heavy atom. The fourth-order valence-electron chi connectivity index (χ4n) is 5.80. The van der Waals surface area contributed by atoms with Crippen LogP contribution < -0.4 is 5.32 Å². The summed E-state index contributed by atoms with van der Waals surface area (Å²) in [7, 11) is 0. The molecule has 2 saturated heterocycles. The summed E-state index contributed by atoms with van der Waals surface area (Å²) in [6, 6.07) is 0. The topological polar surface area (TPSA) is 153 Å². The number of β-amino-alcohol motifs (C(OH)–C–C–N with tert-alkyl or cyclic N) is 1. The Morgan fingerprint density at radius 3 is 2.66 bits per heavy atom. The third kappa shape index (κ3) is 6.02. The average molecular weight is 494 g/mol. The Labute approximate surface area is 206 Å². The van der Waals surface area contributed by atoms with Gasteiger partial charge in [0.05, 0.1) is 12.2 Å². The number of hydrogen-bond donors (Lipinski definition) is 5. The summed E-state index contributed by atoms with van der Waals surface area (Å²) in [5, 5.41) is 44.3. The van der Waals surface area contributed by atoms with Gasteiger partial charge in [0, 0.05) is 48.9 Å². The molecule has 6 atom stereocenters. The maximum Gasteiger partial charge on any atom is 0.303 e. The van der Waals surface area contributed by atoms with E-state index in [0.717, 1.165) is 25.7 Å². The summed E-state index contributed by atoms with van der Waals surface area (Å²) < 4.78 is 5.87. The van der Waals surface area contributed by atoms with Crippen LogP contribution in [0.3, 0.4) is 0 Å². The molecule has 35 heavy (non-hydrogen) atoms. The van der Waals surface area contributed by atoms with E-state index in [-0.39, 0.29) is 38.1 Å². The molecule has 2 heterocycles. The first kappa shape index (κ1) is 27.5. The van der Waals surface area contributed by atoms with E-state index in [2.05, 4.69) is 5.32 Å². The second-order valence-corrected chi connectivity index (χ2v) is 10.1. The van der Waals surface area contributed by atoms with Crippen LogP contribution in [-0.2, 0) is 19.1 Å². The van der Waals surface area contributed by atoms with Crippen molar-refractivity contribution in [3.63, 3.8) is 0 Å². The van der Waals surface area contributed by atoms with Crippen molar-refractivity contribution in [1.29, 1.82) is 0 Å². The molecule has 9 nitrogen and oxygen atoms in total. The largest absolute Gasteiger partial charge is 0.481 e. The fraction of sp³-hybridized carbons (Fsp3) is 0.731. The van der Waals surface area contributed by atoms with Gasteiger partial charge in [-0.05, 0) is 25.7 Å². The van der Waals surface area contributed by atoms with Crippen LogP contribution in [0.25, 0.3) is 0 Å². The molecule has 2 fully saturated rings. The number of Topliss-reactive ketones (excluding diaryl/α,β-unsaturated/α-hetero) is 1. The van der Waals surface area contributed by atoms with Crippen molar-refractivity contribution in [2.24, 2.45) is 11.3 Å². The van der Waals surface area contributed by atoms with E-state index in [1.807, 2.05) is 19.1 Å². The number of hydrogen-bond acceptors (Lipinski definition) is 8. The van der Waals surface area contributed by atoms with Crippen molar-refractivity contribution in [3.8, 4) is 0 Å². The summed E-state index contributed by atoms with van der Waals surface area (Å²) >= 11 is 0. The Hall–Kier alpha value is -2.07. The molecule has 9 heteroatoms. The van der Waals surface area contributed by atoms with Crippen LogP contribution in [0.2, 0.25) is 0 Å². The molecule has 2 bridgehead atoms. The van der Waals surface area contributed by atoms with Gasteiger partial charge in [-0.1, -0.05) is 44.8 Å². The van der Waals surface area contributed by atoms with E-state index in [4.69, 9.17) is 9.84 Å². The number of ketones is 2. The third-order valence-electron chi connectivity index (χ3n) is 7.67. The standard InChI is InChI=1S/C26H39NO8/c1-2-3-7-10-17-20(13-19(29)18(28)11-8-5-4-6-9-12-24(32)33)35-26(34)16-25(17)21(14-22(26)30)27-15-23(25)31/h3,7,14,17-18,20,23,27-28,31,34H,2,4-6,8-13,15-16H2,1H3,(H,32,33)/b7-3-/t17-,18+,20-,23+,25?,26-/m0/s1. The summed E-state index contributed by atoms with van der Waals surface area (Å²) in [4.78, 5) is 36.1. The van der Waals surface area contributed by atoms with Gasteiger partial charge in [0.2, 0.25) is 11.6 Å². The number of aliphatic carboxylic acids is 1. The first-order valence-corrected chi connectivity index (χ1v) is 12.8.